The molecule has 0 aromatic carbocycles. The number of nitrogens with zero attached hydrogens (tertiary/aromatic N) is 1. The van der Waals surface area contributed by atoms with Gasteiger partial charge in [-0.25, -0.2) is 0 Å². The van der Waals surface area contributed by atoms with Crippen LogP contribution < -0.4 is 0 Å². The lowest BCUT2D eigenvalue weighted by molar-refractivity contribution is 0.324. The highest BCUT2D eigenvalue weighted by Gasteiger charge is 2.37. The molecule has 1 aliphatic heterocycles. The van der Waals surface area contributed by atoms with Gasteiger partial charge in [-0.1, -0.05) is 19.3 Å². The van der Waals surface area contributed by atoms with Gasteiger partial charge in [0, 0.05) is 12.6 Å². The molecule has 10 heavy (non-hydrogen) atoms. The van der Waals surface area contributed by atoms with Crippen molar-refractivity contribution in [2.45, 2.75) is 38.1 Å². The molecule has 0 aromatic rings. The van der Waals surface area contributed by atoms with Gasteiger partial charge in [-0.05, 0) is 25.8 Å². The van der Waals surface area contributed by atoms with E-state index in [4.69, 9.17) is 0 Å². The van der Waals surface area contributed by atoms with Crippen LogP contribution in [0.1, 0.15) is 32.1 Å². The van der Waals surface area contributed by atoms with E-state index in [1.165, 1.54) is 38.6 Å². The molecular formula is C9H17N. The lowest BCUT2D eigenvalue weighted by Crippen LogP contribution is -2.15. The first-order chi connectivity index (χ1) is 4.88. The van der Waals surface area contributed by atoms with Gasteiger partial charge in [0.2, 0.25) is 0 Å². The van der Waals surface area contributed by atoms with Crippen LogP contribution in [0.2, 0.25) is 0 Å². The molecule has 1 heterocycles. The molecular weight excluding hydrogens is 122 g/mol. The van der Waals surface area contributed by atoms with Crippen molar-refractivity contribution >= 4 is 0 Å². The van der Waals surface area contributed by atoms with E-state index in [9.17, 15) is 0 Å². The van der Waals surface area contributed by atoms with Crippen molar-refractivity contribution in [1.82, 2.24) is 4.90 Å². The standard InChI is InChI=1S/C9H17N/c1-10-7-9(10)8-5-3-2-4-6-8/h8-9H,2-7H2,1H3. The molecule has 2 fully saturated rings. The molecule has 0 N–H and O–H groups in total. The minimum Gasteiger partial charge on any atom is -0.300 e. The Morgan fingerprint density at radius 2 is 1.70 bits per heavy atom. The fourth-order valence-corrected chi connectivity index (χ4v) is 2.28. The van der Waals surface area contributed by atoms with E-state index in [0.717, 1.165) is 12.0 Å². The van der Waals surface area contributed by atoms with Crippen molar-refractivity contribution in [1.29, 1.82) is 0 Å². The maximum Gasteiger partial charge on any atom is 0.0249 e. The van der Waals surface area contributed by atoms with Crippen LogP contribution in [0.5, 0.6) is 0 Å². The zero-order valence-electron chi connectivity index (χ0n) is 6.84. The first kappa shape index (κ1) is 6.66. The summed E-state index contributed by atoms with van der Waals surface area (Å²) < 4.78 is 0. The molecule has 1 saturated heterocycles. The molecule has 1 saturated carbocycles. The second-order valence-electron chi connectivity index (χ2n) is 3.91. The van der Waals surface area contributed by atoms with Crippen LogP contribution >= 0.6 is 0 Å². The van der Waals surface area contributed by atoms with Crippen LogP contribution in [0.25, 0.3) is 0 Å². The van der Waals surface area contributed by atoms with Crippen LogP contribution in [0, 0.1) is 5.92 Å². The first-order valence-electron chi connectivity index (χ1n) is 4.58. The molecule has 2 aliphatic rings. The topological polar surface area (TPSA) is 3.01 Å². The highest BCUT2D eigenvalue weighted by Crippen LogP contribution is 2.34. The maximum atomic E-state index is 2.48. The van der Waals surface area contributed by atoms with Crippen LogP contribution in [0.4, 0.5) is 0 Å². The Morgan fingerprint density at radius 3 is 2.20 bits per heavy atom. The number of rotatable bonds is 1. The molecule has 2 atom stereocenters. The summed E-state index contributed by atoms with van der Waals surface area (Å²) in [6.45, 7) is 1.38. The van der Waals surface area contributed by atoms with Gasteiger partial charge >= 0.3 is 0 Å². The Bertz CT molecular complexity index is 116. The van der Waals surface area contributed by atoms with Gasteiger partial charge in [-0.15, -0.1) is 0 Å². The van der Waals surface area contributed by atoms with Crippen molar-refractivity contribution < 1.29 is 0 Å². The molecule has 0 spiro atoms. The van der Waals surface area contributed by atoms with Crippen molar-refractivity contribution in [2.24, 2.45) is 5.92 Å². The van der Waals surface area contributed by atoms with Gasteiger partial charge in [0.1, 0.15) is 0 Å². The molecule has 2 unspecified atom stereocenters. The van der Waals surface area contributed by atoms with Gasteiger partial charge in [0.05, 0.1) is 0 Å². The van der Waals surface area contributed by atoms with E-state index in [1.807, 2.05) is 0 Å². The van der Waals surface area contributed by atoms with Crippen molar-refractivity contribution in [3.05, 3.63) is 0 Å². The fraction of sp³-hybridized carbons (Fsp3) is 1.00. The number of likely N-dealkylation sites (N-methyl/N-ethyl adjacent to an activating group) is 1. The monoisotopic (exact) mass is 139 g/mol. The predicted octanol–water partition coefficient (Wildman–Crippen LogP) is 1.88. The first-order valence-corrected chi connectivity index (χ1v) is 4.58. The molecule has 1 nitrogen and oxygen atoms in total. The summed E-state index contributed by atoms with van der Waals surface area (Å²) in [5, 5.41) is 0. The third-order valence-electron chi connectivity index (χ3n) is 3.10. The second kappa shape index (κ2) is 2.54. The van der Waals surface area contributed by atoms with Gasteiger partial charge < -0.3 is 4.90 Å². The van der Waals surface area contributed by atoms with Gasteiger partial charge in [-0.3, -0.25) is 0 Å². The SMILES string of the molecule is CN1CC1C1CCCCC1. The smallest absolute Gasteiger partial charge is 0.0249 e. The Balaban J connectivity index is 1.81. The summed E-state index contributed by atoms with van der Waals surface area (Å²) in [6.07, 6.45) is 7.50. The zero-order valence-corrected chi connectivity index (χ0v) is 6.84. The van der Waals surface area contributed by atoms with Crippen LogP contribution in [-0.4, -0.2) is 24.5 Å². The van der Waals surface area contributed by atoms with Gasteiger partial charge in [0.25, 0.3) is 0 Å². The molecule has 1 heteroatoms. The maximum absolute atomic E-state index is 2.48. The molecule has 1 aliphatic carbocycles. The van der Waals surface area contributed by atoms with Crippen LogP contribution in [-0.2, 0) is 0 Å². The Labute approximate surface area is 63.4 Å². The second-order valence-corrected chi connectivity index (χ2v) is 3.91. The van der Waals surface area contributed by atoms with Crippen molar-refractivity contribution in [3.63, 3.8) is 0 Å². The summed E-state index contributed by atoms with van der Waals surface area (Å²) in [5.74, 6) is 1.07. The summed E-state index contributed by atoms with van der Waals surface area (Å²) in [4.78, 5) is 2.48. The largest absolute Gasteiger partial charge is 0.300 e. The minimum absolute atomic E-state index is 0.986. The van der Waals surface area contributed by atoms with Crippen LogP contribution in [0.15, 0.2) is 0 Å². The summed E-state index contributed by atoms with van der Waals surface area (Å²) >= 11 is 0. The van der Waals surface area contributed by atoms with Gasteiger partial charge in [-0.2, -0.15) is 0 Å². The van der Waals surface area contributed by atoms with Crippen molar-refractivity contribution in [3.8, 4) is 0 Å². The molecule has 0 aromatic heterocycles. The van der Waals surface area contributed by atoms with E-state index in [0.29, 0.717) is 0 Å². The van der Waals surface area contributed by atoms with E-state index in [-0.39, 0.29) is 0 Å². The Hall–Kier alpha value is -0.0400. The van der Waals surface area contributed by atoms with E-state index >= 15 is 0 Å². The highest BCUT2D eigenvalue weighted by molar-refractivity contribution is 4.92. The molecule has 0 amide bonds. The van der Waals surface area contributed by atoms with E-state index < -0.39 is 0 Å². The van der Waals surface area contributed by atoms with E-state index in [2.05, 4.69) is 11.9 Å². The Kier molecular flexibility index (Phi) is 1.69. The van der Waals surface area contributed by atoms with Crippen LogP contribution in [0.3, 0.4) is 0 Å². The van der Waals surface area contributed by atoms with Gasteiger partial charge in [0.15, 0.2) is 0 Å². The number of hydrogen-bond acceptors (Lipinski definition) is 1. The van der Waals surface area contributed by atoms with E-state index in [1.54, 1.807) is 0 Å². The zero-order chi connectivity index (χ0) is 6.97. The number of hydrogen-bond donors (Lipinski definition) is 0. The molecule has 2 rings (SSSR count). The highest BCUT2D eigenvalue weighted by atomic mass is 15.3. The molecule has 0 radical (unpaired) electrons. The fourth-order valence-electron chi connectivity index (χ4n) is 2.28. The molecule has 0 bridgehead atoms. The lowest BCUT2D eigenvalue weighted by atomic mass is 9.87. The Morgan fingerprint density at radius 1 is 1.10 bits per heavy atom. The average molecular weight is 139 g/mol. The quantitative estimate of drug-likeness (QED) is 0.501. The average Bonchev–Trinajstić information content (AvgIpc) is 2.69. The third-order valence-corrected chi connectivity index (χ3v) is 3.10. The minimum atomic E-state index is 0.986. The third kappa shape index (κ3) is 1.20. The lowest BCUT2D eigenvalue weighted by Gasteiger charge is -2.20. The normalized spacial score (nSPS) is 41.7. The van der Waals surface area contributed by atoms with Crippen molar-refractivity contribution in [2.75, 3.05) is 13.6 Å². The molecule has 58 valence electrons. The summed E-state index contributed by atoms with van der Waals surface area (Å²) in [5.41, 5.74) is 0. The predicted molar refractivity (Wildman–Crippen MR) is 43.0 cm³/mol. The summed E-state index contributed by atoms with van der Waals surface area (Å²) in [6, 6.07) is 0.986. The summed E-state index contributed by atoms with van der Waals surface area (Å²) in [7, 11) is 2.25.